The molecule has 2 heterocycles. The molecule has 1 aromatic heterocycles. The average Bonchev–Trinajstić information content (AvgIpc) is 3.20. The monoisotopic (exact) mass is 552 g/mol. The van der Waals surface area contributed by atoms with Gasteiger partial charge in [-0.2, -0.15) is 0 Å². The predicted molar refractivity (Wildman–Crippen MR) is 134 cm³/mol. The number of carbonyl (C=O) groups excluding carboxylic acids is 4. The number of aryl methyl sites for hydroxylation is 1. The van der Waals surface area contributed by atoms with Crippen molar-refractivity contribution in [3.63, 3.8) is 0 Å². The van der Waals surface area contributed by atoms with Gasteiger partial charge in [0.1, 0.15) is 18.8 Å². The van der Waals surface area contributed by atoms with Crippen molar-refractivity contribution in [1.82, 2.24) is 0 Å². The van der Waals surface area contributed by atoms with Gasteiger partial charge in [-0.25, -0.2) is 0 Å². The van der Waals surface area contributed by atoms with E-state index in [4.69, 9.17) is 35.3 Å². The Morgan fingerprint density at radius 1 is 0.865 bits per heavy atom. The van der Waals surface area contributed by atoms with Crippen LogP contribution in [-0.2, 0) is 49.3 Å². The highest BCUT2D eigenvalue weighted by molar-refractivity contribution is 7.16. The number of halogens is 1. The van der Waals surface area contributed by atoms with Crippen LogP contribution in [0.5, 0.6) is 0 Å². The number of benzene rings is 1. The van der Waals surface area contributed by atoms with Crippen LogP contribution in [0, 0.1) is 6.92 Å². The number of hydrogen-bond acceptors (Lipinski definition) is 10. The molecule has 37 heavy (non-hydrogen) atoms. The first-order valence-corrected chi connectivity index (χ1v) is 12.8. The van der Waals surface area contributed by atoms with Gasteiger partial charge in [0.2, 0.25) is 0 Å². The van der Waals surface area contributed by atoms with Gasteiger partial charge in [0.05, 0.1) is 4.34 Å². The van der Waals surface area contributed by atoms with Gasteiger partial charge in [-0.1, -0.05) is 29.8 Å². The van der Waals surface area contributed by atoms with Crippen LogP contribution in [0.1, 0.15) is 55.4 Å². The Morgan fingerprint density at radius 2 is 1.49 bits per heavy atom. The number of ether oxygens (including phenoxy) is 5. The van der Waals surface area contributed by atoms with E-state index >= 15 is 0 Å². The molecule has 3 rings (SSSR count). The topological polar surface area (TPSA) is 114 Å². The number of hydrogen-bond donors (Lipinski definition) is 0. The molecule has 0 aliphatic carbocycles. The largest absolute Gasteiger partial charge is 0.463 e. The lowest BCUT2D eigenvalue weighted by Crippen LogP contribution is -2.59. The highest BCUT2D eigenvalue weighted by atomic mass is 35.5. The van der Waals surface area contributed by atoms with Crippen molar-refractivity contribution in [3.05, 3.63) is 56.2 Å². The SMILES string of the molecule is CC(=O)OCC1OC(c2ccc(C)c(Cc3ccc(Cl)s3)c2)[C@H](OC(C)=O)[C@@H](OC(C)=O)[C@@H]1OC(C)=O. The van der Waals surface area contributed by atoms with Gasteiger partial charge in [0.15, 0.2) is 18.3 Å². The van der Waals surface area contributed by atoms with E-state index < -0.39 is 54.4 Å². The first-order valence-electron chi connectivity index (χ1n) is 11.6. The summed E-state index contributed by atoms with van der Waals surface area (Å²) < 4.78 is 28.7. The Bertz CT molecular complexity index is 1160. The van der Waals surface area contributed by atoms with Crippen LogP contribution in [0.4, 0.5) is 0 Å². The summed E-state index contributed by atoms with van der Waals surface area (Å²) in [5, 5.41) is 0. The normalized spacial score (nSPS) is 23.1. The number of rotatable bonds is 8. The highest BCUT2D eigenvalue weighted by Gasteiger charge is 2.52. The summed E-state index contributed by atoms with van der Waals surface area (Å²) in [6, 6.07) is 9.44. The maximum atomic E-state index is 12.1. The van der Waals surface area contributed by atoms with Crippen LogP contribution in [0.15, 0.2) is 30.3 Å². The van der Waals surface area contributed by atoms with E-state index in [-0.39, 0.29) is 6.61 Å². The lowest BCUT2D eigenvalue weighted by molar-refractivity contribution is -0.254. The Balaban J connectivity index is 2.06. The predicted octanol–water partition coefficient (Wildman–Crippen LogP) is 4.10. The van der Waals surface area contributed by atoms with Crippen LogP contribution in [0.2, 0.25) is 4.34 Å². The molecular formula is C26H29ClO9S. The molecule has 1 saturated heterocycles. The van der Waals surface area contributed by atoms with Crippen LogP contribution >= 0.6 is 22.9 Å². The van der Waals surface area contributed by atoms with Crippen molar-refractivity contribution >= 4 is 46.8 Å². The molecular weight excluding hydrogens is 524 g/mol. The molecule has 5 atom stereocenters. The van der Waals surface area contributed by atoms with Crippen molar-refractivity contribution in [2.45, 2.75) is 71.6 Å². The van der Waals surface area contributed by atoms with Gasteiger partial charge in [-0.15, -0.1) is 11.3 Å². The minimum absolute atomic E-state index is 0.277. The fourth-order valence-electron chi connectivity index (χ4n) is 4.19. The molecule has 2 unspecified atom stereocenters. The summed E-state index contributed by atoms with van der Waals surface area (Å²) >= 11 is 7.57. The first-order chi connectivity index (χ1) is 17.4. The second kappa shape index (κ2) is 12.5. The van der Waals surface area contributed by atoms with Crippen LogP contribution in [-0.4, -0.2) is 54.9 Å². The van der Waals surface area contributed by atoms with Crippen molar-refractivity contribution < 1.29 is 42.9 Å². The number of carbonyl (C=O) groups is 4. The minimum atomic E-state index is -1.22. The van der Waals surface area contributed by atoms with Gasteiger partial charge in [0, 0.05) is 39.0 Å². The van der Waals surface area contributed by atoms with Gasteiger partial charge in [-0.3, -0.25) is 19.2 Å². The third-order valence-electron chi connectivity index (χ3n) is 5.69. The molecule has 0 saturated carbocycles. The van der Waals surface area contributed by atoms with Crippen molar-refractivity contribution in [3.8, 4) is 0 Å². The second-order valence-electron chi connectivity index (χ2n) is 8.69. The van der Waals surface area contributed by atoms with E-state index in [1.807, 2.05) is 37.3 Å². The minimum Gasteiger partial charge on any atom is -0.463 e. The molecule has 1 aromatic carbocycles. The van der Waals surface area contributed by atoms with Gasteiger partial charge in [0.25, 0.3) is 0 Å². The van der Waals surface area contributed by atoms with Crippen molar-refractivity contribution in [1.29, 1.82) is 0 Å². The van der Waals surface area contributed by atoms with E-state index in [2.05, 4.69) is 0 Å². The standard InChI is InChI=1S/C26H29ClO9S/c1-13-6-7-18(10-19(13)11-20-8-9-22(27)37-20)23-25(34-16(4)30)26(35-17(5)31)24(33-15(3)29)21(36-23)12-32-14(2)28/h6-10,21,23-26H,11-12H2,1-5H3/t21?,23?,24-,25+,26+/m1/s1. The third-order valence-corrected chi connectivity index (χ3v) is 6.92. The van der Waals surface area contributed by atoms with Crippen molar-refractivity contribution in [2.24, 2.45) is 0 Å². The summed E-state index contributed by atoms with van der Waals surface area (Å²) in [6.07, 6.45) is -4.87. The van der Waals surface area contributed by atoms with Crippen LogP contribution in [0.3, 0.4) is 0 Å². The number of esters is 4. The molecule has 1 fully saturated rings. The molecule has 0 N–H and O–H groups in total. The Kier molecular flexibility index (Phi) is 9.69. The summed E-state index contributed by atoms with van der Waals surface area (Å²) in [6.45, 7) is 6.52. The zero-order chi connectivity index (χ0) is 27.3. The Morgan fingerprint density at radius 3 is 2.05 bits per heavy atom. The van der Waals surface area contributed by atoms with E-state index in [1.54, 1.807) is 0 Å². The van der Waals surface area contributed by atoms with Gasteiger partial charge < -0.3 is 23.7 Å². The zero-order valence-electron chi connectivity index (χ0n) is 21.1. The Hall–Kier alpha value is -2.95. The lowest BCUT2D eigenvalue weighted by atomic mass is 9.88. The van der Waals surface area contributed by atoms with E-state index in [9.17, 15) is 19.2 Å². The fraction of sp³-hybridized carbons (Fsp3) is 0.462. The maximum Gasteiger partial charge on any atom is 0.303 e. The van der Waals surface area contributed by atoms with Crippen LogP contribution in [0.25, 0.3) is 0 Å². The molecule has 0 radical (unpaired) electrons. The van der Waals surface area contributed by atoms with Crippen molar-refractivity contribution in [2.75, 3.05) is 6.61 Å². The maximum absolute atomic E-state index is 12.1. The molecule has 11 heteroatoms. The van der Waals surface area contributed by atoms with E-state index in [0.29, 0.717) is 16.3 Å². The van der Waals surface area contributed by atoms with E-state index in [0.717, 1.165) is 16.0 Å². The molecule has 1 aliphatic heterocycles. The molecule has 200 valence electrons. The number of thiophene rings is 1. The van der Waals surface area contributed by atoms with E-state index in [1.165, 1.54) is 39.0 Å². The Labute approximate surface area is 223 Å². The van der Waals surface area contributed by atoms with Crippen LogP contribution < -0.4 is 0 Å². The molecule has 9 nitrogen and oxygen atoms in total. The average molecular weight is 553 g/mol. The molecule has 0 spiro atoms. The highest BCUT2D eigenvalue weighted by Crippen LogP contribution is 2.38. The smallest absolute Gasteiger partial charge is 0.303 e. The first kappa shape index (κ1) is 28.6. The zero-order valence-corrected chi connectivity index (χ0v) is 22.7. The summed E-state index contributed by atoms with van der Waals surface area (Å²) in [4.78, 5) is 48.7. The summed E-state index contributed by atoms with van der Waals surface area (Å²) in [7, 11) is 0. The second-order valence-corrected chi connectivity index (χ2v) is 10.5. The molecule has 0 amide bonds. The fourth-order valence-corrected chi connectivity index (χ4v) is 5.30. The lowest BCUT2D eigenvalue weighted by Gasteiger charge is -2.44. The van der Waals surface area contributed by atoms with Gasteiger partial charge in [-0.05, 0) is 35.7 Å². The quantitative estimate of drug-likeness (QED) is 0.352. The van der Waals surface area contributed by atoms with Gasteiger partial charge >= 0.3 is 23.9 Å². The molecule has 2 aromatic rings. The third kappa shape index (κ3) is 7.77. The molecule has 1 aliphatic rings. The summed E-state index contributed by atoms with van der Waals surface area (Å²) in [5.74, 6) is -2.56. The molecule has 0 bridgehead atoms. The summed E-state index contributed by atoms with van der Waals surface area (Å²) in [5.41, 5.74) is 2.66.